The van der Waals surface area contributed by atoms with Crippen LogP contribution in [0.15, 0.2) is 16.7 Å². The third kappa shape index (κ3) is 2.05. The van der Waals surface area contributed by atoms with Gasteiger partial charge in [0.05, 0.1) is 9.50 Å². The molecule has 3 heteroatoms. The van der Waals surface area contributed by atoms with Gasteiger partial charge < -0.3 is 0 Å². The first-order valence-electron chi connectivity index (χ1n) is 4.58. The maximum Gasteiger partial charge on any atom is 0.0581 e. The summed E-state index contributed by atoms with van der Waals surface area (Å²) in [7, 11) is 0. The SMILES string of the molecule is Clc1cc(C2CCCC2)ncc1Br. The lowest BCUT2D eigenvalue weighted by Crippen LogP contribution is -1.95. The van der Waals surface area contributed by atoms with Crippen LogP contribution in [-0.4, -0.2) is 4.98 Å². The molecule has 0 aliphatic heterocycles. The molecule has 0 aromatic carbocycles. The van der Waals surface area contributed by atoms with Crippen molar-refractivity contribution in [2.24, 2.45) is 0 Å². The van der Waals surface area contributed by atoms with Gasteiger partial charge in [-0.3, -0.25) is 4.98 Å². The summed E-state index contributed by atoms with van der Waals surface area (Å²) in [6.07, 6.45) is 7.01. The number of hydrogen-bond acceptors (Lipinski definition) is 1. The number of hydrogen-bond donors (Lipinski definition) is 0. The van der Waals surface area contributed by atoms with E-state index in [1.54, 1.807) is 6.20 Å². The lowest BCUT2D eigenvalue weighted by atomic mass is 10.0. The van der Waals surface area contributed by atoms with Gasteiger partial charge in [-0.15, -0.1) is 0 Å². The third-order valence-corrected chi connectivity index (χ3v) is 3.78. The Bertz CT molecular complexity index is 308. The Morgan fingerprint density at radius 1 is 1.38 bits per heavy atom. The molecule has 0 spiro atoms. The first-order chi connectivity index (χ1) is 6.27. The minimum atomic E-state index is 0.644. The summed E-state index contributed by atoms with van der Waals surface area (Å²) in [5.41, 5.74) is 1.16. The van der Waals surface area contributed by atoms with Crippen LogP contribution in [0.4, 0.5) is 0 Å². The highest BCUT2D eigenvalue weighted by Crippen LogP contribution is 2.34. The second-order valence-corrected chi connectivity index (χ2v) is 4.77. The normalized spacial score (nSPS) is 18.0. The van der Waals surface area contributed by atoms with Crippen LogP contribution in [0.5, 0.6) is 0 Å². The molecule has 1 heterocycles. The Morgan fingerprint density at radius 2 is 2.08 bits per heavy atom. The Balaban J connectivity index is 2.25. The van der Waals surface area contributed by atoms with E-state index >= 15 is 0 Å². The first-order valence-corrected chi connectivity index (χ1v) is 5.75. The molecular weight excluding hydrogens is 249 g/mol. The van der Waals surface area contributed by atoms with Crippen molar-refractivity contribution in [3.63, 3.8) is 0 Å². The Morgan fingerprint density at radius 3 is 2.69 bits per heavy atom. The van der Waals surface area contributed by atoms with Crippen LogP contribution in [0.1, 0.15) is 37.3 Å². The van der Waals surface area contributed by atoms with E-state index in [4.69, 9.17) is 11.6 Å². The molecule has 0 N–H and O–H groups in total. The number of halogens is 2. The molecule has 0 unspecified atom stereocenters. The average molecular weight is 261 g/mol. The van der Waals surface area contributed by atoms with E-state index in [1.807, 2.05) is 6.07 Å². The number of rotatable bonds is 1. The highest BCUT2D eigenvalue weighted by atomic mass is 79.9. The maximum absolute atomic E-state index is 6.01. The van der Waals surface area contributed by atoms with Crippen molar-refractivity contribution >= 4 is 27.5 Å². The molecule has 13 heavy (non-hydrogen) atoms. The fourth-order valence-corrected chi connectivity index (χ4v) is 2.25. The minimum Gasteiger partial charge on any atom is -0.260 e. The van der Waals surface area contributed by atoms with Crippen molar-refractivity contribution in [3.05, 3.63) is 27.5 Å². The second kappa shape index (κ2) is 3.97. The maximum atomic E-state index is 6.01. The Hall–Kier alpha value is -0.0800. The van der Waals surface area contributed by atoms with E-state index < -0.39 is 0 Å². The molecule has 1 aromatic rings. The van der Waals surface area contributed by atoms with Gasteiger partial charge in [0.25, 0.3) is 0 Å². The predicted molar refractivity (Wildman–Crippen MR) is 58.2 cm³/mol. The van der Waals surface area contributed by atoms with Crippen LogP contribution < -0.4 is 0 Å². The van der Waals surface area contributed by atoms with Crippen molar-refractivity contribution in [1.82, 2.24) is 4.98 Å². The predicted octanol–water partition coefficient (Wildman–Crippen LogP) is 4.16. The summed E-state index contributed by atoms with van der Waals surface area (Å²) >= 11 is 9.35. The van der Waals surface area contributed by atoms with Crippen molar-refractivity contribution < 1.29 is 0 Å². The molecule has 1 aliphatic rings. The second-order valence-electron chi connectivity index (χ2n) is 3.50. The molecule has 1 nitrogen and oxygen atoms in total. The van der Waals surface area contributed by atoms with Crippen LogP contribution in [0.25, 0.3) is 0 Å². The molecule has 1 aliphatic carbocycles. The van der Waals surface area contributed by atoms with Gasteiger partial charge in [0.2, 0.25) is 0 Å². The summed E-state index contributed by atoms with van der Waals surface area (Å²) in [4.78, 5) is 4.39. The number of aromatic nitrogens is 1. The van der Waals surface area contributed by atoms with Gasteiger partial charge >= 0.3 is 0 Å². The van der Waals surface area contributed by atoms with E-state index in [1.165, 1.54) is 25.7 Å². The lowest BCUT2D eigenvalue weighted by Gasteiger charge is -2.08. The molecule has 0 saturated heterocycles. The van der Waals surface area contributed by atoms with Crippen LogP contribution in [-0.2, 0) is 0 Å². The molecule has 2 rings (SSSR count). The van der Waals surface area contributed by atoms with E-state index in [0.29, 0.717) is 5.92 Å². The zero-order chi connectivity index (χ0) is 9.26. The van der Waals surface area contributed by atoms with Crippen molar-refractivity contribution in [2.75, 3.05) is 0 Å². The molecule has 1 saturated carbocycles. The molecule has 0 bridgehead atoms. The highest BCUT2D eigenvalue weighted by molar-refractivity contribution is 9.10. The molecule has 0 amide bonds. The number of nitrogens with zero attached hydrogens (tertiary/aromatic N) is 1. The van der Waals surface area contributed by atoms with Crippen LogP contribution in [0, 0.1) is 0 Å². The number of pyridine rings is 1. The first kappa shape index (κ1) is 9.47. The smallest absolute Gasteiger partial charge is 0.0581 e. The van der Waals surface area contributed by atoms with Crippen molar-refractivity contribution in [3.8, 4) is 0 Å². The standard InChI is InChI=1S/C10H11BrClN/c11-8-6-13-10(5-9(8)12)7-3-1-2-4-7/h5-7H,1-4H2. The Kier molecular flexibility index (Phi) is 2.89. The van der Waals surface area contributed by atoms with Gasteiger partial charge in [-0.25, -0.2) is 0 Å². The van der Waals surface area contributed by atoms with E-state index in [9.17, 15) is 0 Å². The summed E-state index contributed by atoms with van der Waals surface area (Å²) in [6, 6.07) is 1.99. The van der Waals surface area contributed by atoms with Crippen molar-refractivity contribution in [2.45, 2.75) is 31.6 Å². The largest absolute Gasteiger partial charge is 0.260 e. The zero-order valence-corrected chi connectivity index (χ0v) is 9.61. The van der Waals surface area contributed by atoms with Gasteiger partial charge in [0.15, 0.2) is 0 Å². The summed E-state index contributed by atoms with van der Waals surface area (Å²) < 4.78 is 0.885. The third-order valence-electron chi connectivity index (χ3n) is 2.60. The summed E-state index contributed by atoms with van der Waals surface area (Å²) in [5, 5.41) is 0.775. The van der Waals surface area contributed by atoms with Crippen LogP contribution >= 0.6 is 27.5 Å². The molecule has 70 valence electrons. The molecule has 0 radical (unpaired) electrons. The van der Waals surface area contributed by atoms with E-state index in [2.05, 4.69) is 20.9 Å². The lowest BCUT2D eigenvalue weighted by molar-refractivity contribution is 0.697. The Labute approximate surface area is 91.6 Å². The quantitative estimate of drug-likeness (QED) is 0.739. The monoisotopic (exact) mass is 259 g/mol. The van der Waals surface area contributed by atoms with Crippen molar-refractivity contribution in [1.29, 1.82) is 0 Å². The van der Waals surface area contributed by atoms with Gasteiger partial charge in [-0.2, -0.15) is 0 Å². The summed E-state index contributed by atoms with van der Waals surface area (Å²) in [6.45, 7) is 0. The van der Waals surface area contributed by atoms with E-state index in [0.717, 1.165) is 15.2 Å². The van der Waals surface area contributed by atoms with Crippen LogP contribution in [0.3, 0.4) is 0 Å². The highest BCUT2D eigenvalue weighted by Gasteiger charge is 2.18. The molecule has 1 aromatic heterocycles. The fourth-order valence-electron chi connectivity index (χ4n) is 1.87. The van der Waals surface area contributed by atoms with Crippen LogP contribution in [0.2, 0.25) is 5.02 Å². The van der Waals surface area contributed by atoms with Gasteiger partial charge in [-0.05, 0) is 34.8 Å². The van der Waals surface area contributed by atoms with Gasteiger partial charge in [0.1, 0.15) is 0 Å². The van der Waals surface area contributed by atoms with Gasteiger partial charge in [0, 0.05) is 17.8 Å². The summed E-state index contributed by atoms with van der Waals surface area (Å²) in [5.74, 6) is 0.644. The van der Waals surface area contributed by atoms with Gasteiger partial charge in [-0.1, -0.05) is 24.4 Å². The molecular formula is C10H11BrClN. The average Bonchev–Trinajstić information content (AvgIpc) is 2.62. The minimum absolute atomic E-state index is 0.644. The molecule has 0 atom stereocenters. The topological polar surface area (TPSA) is 12.9 Å². The van der Waals surface area contributed by atoms with E-state index in [-0.39, 0.29) is 0 Å². The molecule has 1 fully saturated rings. The zero-order valence-electron chi connectivity index (χ0n) is 7.26. The fraction of sp³-hybridized carbons (Fsp3) is 0.500.